The van der Waals surface area contributed by atoms with Crippen LogP contribution >= 0.6 is 12.2 Å². The highest BCUT2D eigenvalue weighted by atomic mass is 32.1. The lowest BCUT2D eigenvalue weighted by Gasteiger charge is -2.13. The summed E-state index contributed by atoms with van der Waals surface area (Å²) in [6.07, 6.45) is 3.47. The van der Waals surface area contributed by atoms with Crippen molar-refractivity contribution in [1.82, 2.24) is 0 Å². The molecule has 0 radical (unpaired) electrons. The van der Waals surface area contributed by atoms with Gasteiger partial charge in [0.05, 0.1) is 5.69 Å². The third-order valence-corrected chi connectivity index (χ3v) is 2.63. The van der Waals surface area contributed by atoms with E-state index < -0.39 is 0 Å². The largest absolute Gasteiger partial charge is 0.385 e. The topological polar surface area (TPSA) is 41.1 Å². The lowest BCUT2D eigenvalue weighted by Crippen LogP contribution is -2.20. The van der Waals surface area contributed by atoms with E-state index in [0.29, 0.717) is 10.2 Å². The zero-order chi connectivity index (χ0) is 10.6. The summed E-state index contributed by atoms with van der Waals surface area (Å²) in [5.41, 5.74) is 1.43. The van der Waals surface area contributed by atoms with E-state index in [2.05, 4.69) is 17.6 Å². The van der Waals surface area contributed by atoms with Gasteiger partial charge in [0.1, 0.15) is 10.2 Å². The predicted octanol–water partition coefficient (Wildman–Crippen LogP) is 2.30. The van der Waals surface area contributed by atoms with Gasteiger partial charge in [0, 0.05) is 13.6 Å². The fourth-order valence-electron chi connectivity index (χ4n) is 1.39. The van der Waals surface area contributed by atoms with Gasteiger partial charge in [-0.15, -0.1) is 0 Å². The third kappa shape index (κ3) is 2.12. The molecular weight excluding hydrogens is 196 g/mol. The molecule has 0 unspecified atom stereocenters. The summed E-state index contributed by atoms with van der Waals surface area (Å²) in [6.45, 7) is 3.00. The van der Waals surface area contributed by atoms with Crippen LogP contribution < -0.4 is 16.1 Å². The molecule has 0 fully saturated rings. The van der Waals surface area contributed by atoms with Crippen molar-refractivity contribution in [3.8, 4) is 0 Å². The quantitative estimate of drug-likeness (QED) is 0.561. The van der Waals surface area contributed by atoms with Gasteiger partial charge in [-0.2, -0.15) is 0 Å². The van der Waals surface area contributed by atoms with Crippen molar-refractivity contribution in [3.63, 3.8) is 0 Å². The zero-order valence-corrected chi connectivity index (χ0v) is 9.46. The first kappa shape index (κ1) is 11.2. The summed E-state index contributed by atoms with van der Waals surface area (Å²) in [5, 5.41) is 6.04. The summed E-state index contributed by atoms with van der Waals surface area (Å²) in [5.74, 6) is 0. The van der Waals surface area contributed by atoms with E-state index in [4.69, 9.17) is 12.2 Å². The van der Waals surface area contributed by atoms with E-state index in [0.717, 1.165) is 18.7 Å². The minimum Gasteiger partial charge on any atom is -0.385 e. The molecule has 0 saturated heterocycles. The second-order valence-corrected chi connectivity index (χ2v) is 3.70. The van der Waals surface area contributed by atoms with Crippen LogP contribution in [0.2, 0.25) is 0 Å². The fourth-order valence-corrected chi connectivity index (χ4v) is 1.69. The molecule has 14 heavy (non-hydrogen) atoms. The summed E-state index contributed by atoms with van der Waals surface area (Å²) >= 11 is 4.90. The normalized spacial score (nSPS) is 10.4. The molecule has 0 aliphatic rings. The second kappa shape index (κ2) is 5.10. The molecule has 0 bridgehead atoms. The van der Waals surface area contributed by atoms with E-state index >= 15 is 0 Å². The van der Waals surface area contributed by atoms with Crippen molar-refractivity contribution in [2.45, 2.75) is 26.2 Å². The van der Waals surface area contributed by atoms with E-state index in [1.807, 2.05) is 0 Å². The Hall–Kier alpha value is -0.900. The maximum atomic E-state index is 11.3. The Kier molecular flexibility index (Phi) is 4.07. The number of hydrogen-bond donors (Lipinski definition) is 2. The Labute approximate surface area is 89.2 Å². The molecule has 0 saturated carbocycles. The van der Waals surface area contributed by atoms with Crippen molar-refractivity contribution < 1.29 is 0 Å². The van der Waals surface area contributed by atoms with Gasteiger partial charge in [-0.05, 0) is 6.42 Å². The van der Waals surface area contributed by atoms with Crippen molar-refractivity contribution in [1.29, 1.82) is 0 Å². The molecule has 78 valence electrons. The fraction of sp³-hybridized carbons (Fsp3) is 0.600. The Morgan fingerprint density at radius 3 is 2.57 bits per heavy atom. The Balaban J connectivity index is 2.48. The highest BCUT2D eigenvalue weighted by Crippen LogP contribution is 2.21. The molecule has 0 atom stereocenters. The summed E-state index contributed by atoms with van der Waals surface area (Å²) in [7, 11) is 1.78. The summed E-state index contributed by atoms with van der Waals surface area (Å²) in [4.78, 5) is 11.3. The van der Waals surface area contributed by atoms with Gasteiger partial charge < -0.3 is 10.6 Å². The van der Waals surface area contributed by atoms with Crippen LogP contribution in [-0.2, 0) is 0 Å². The Morgan fingerprint density at radius 2 is 2.00 bits per heavy atom. The molecule has 0 aromatic heterocycles. The minimum absolute atomic E-state index is 0.0270. The highest BCUT2D eigenvalue weighted by Gasteiger charge is 2.15. The van der Waals surface area contributed by atoms with Gasteiger partial charge in [0.2, 0.25) is 5.43 Å². The maximum absolute atomic E-state index is 11.3. The molecule has 0 aliphatic carbocycles. The monoisotopic (exact) mass is 212 g/mol. The average Bonchev–Trinajstić information content (AvgIpc) is 2.21. The Bertz CT molecular complexity index is 366. The zero-order valence-electron chi connectivity index (χ0n) is 8.64. The van der Waals surface area contributed by atoms with Gasteiger partial charge in [-0.25, -0.2) is 0 Å². The average molecular weight is 212 g/mol. The SMILES string of the molecule is CCCCCNc1c(NC)c(=S)c1=O. The van der Waals surface area contributed by atoms with Crippen LogP contribution in [0.4, 0.5) is 11.4 Å². The lowest BCUT2D eigenvalue weighted by molar-refractivity contribution is 0.743. The van der Waals surface area contributed by atoms with Gasteiger partial charge in [-0.1, -0.05) is 32.0 Å². The van der Waals surface area contributed by atoms with Crippen molar-refractivity contribution in [3.05, 3.63) is 14.7 Å². The molecule has 0 spiro atoms. The number of hydrogen-bond acceptors (Lipinski definition) is 4. The van der Waals surface area contributed by atoms with Crippen LogP contribution in [0.25, 0.3) is 0 Å². The summed E-state index contributed by atoms with van der Waals surface area (Å²) in [6, 6.07) is 0. The van der Waals surface area contributed by atoms with Crippen LogP contribution in [0, 0.1) is 4.51 Å². The van der Waals surface area contributed by atoms with E-state index in [9.17, 15) is 4.79 Å². The van der Waals surface area contributed by atoms with Crippen LogP contribution in [0.15, 0.2) is 4.79 Å². The second-order valence-electron chi connectivity index (χ2n) is 3.29. The first-order chi connectivity index (χ1) is 6.72. The molecule has 3 nitrogen and oxygen atoms in total. The van der Waals surface area contributed by atoms with E-state index in [-0.39, 0.29) is 5.43 Å². The van der Waals surface area contributed by atoms with Crippen LogP contribution in [0.5, 0.6) is 0 Å². The number of unbranched alkanes of at least 4 members (excludes halogenated alkanes) is 2. The van der Waals surface area contributed by atoms with Gasteiger partial charge >= 0.3 is 0 Å². The van der Waals surface area contributed by atoms with Gasteiger partial charge in [0.15, 0.2) is 0 Å². The highest BCUT2D eigenvalue weighted by molar-refractivity contribution is 7.71. The van der Waals surface area contributed by atoms with Gasteiger partial charge in [0.25, 0.3) is 0 Å². The standard InChI is InChI=1S/C10H16N2OS/c1-3-4-5-6-12-7-8(11-2)10(14)9(7)13/h11-12H,3-6H2,1-2H3. The molecule has 1 aromatic carbocycles. The molecule has 1 rings (SSSR count). The first-order valence-corrected chi connectivity index (χ1v) is 5.38. The molecule has 4 heteroatoms. The third-order valence-electron chi connectivity index (χ3n) is 2.24. The molecule has 0 amide bonds. The van der Waals surface area contributed by atoms with Crippen molar-refractivity contribution >= 4 is 23.6 Å². The van der Waals surface area contributed by atoms with E-state index in [1.165, 1.54) is 12.8 Å². The lowest BCUT2D eigenvalue weighted by atomic mass is 10.2. The van der Waals surface area contributed by atoms with Gasteiger partial charge in [-0.3, -0.25) is 4.79 Å². The predicted molar refractivity (Wildman–Crippen MR) is 63.5 cm³/mol. The number of nitrogens with one attached hydrogen (secondary N) is 2. The van der Waals surface area contributed by atoms with Crippen molar-refractivity contribution in [2.75, 3.05) is 24.2 Å². The molecule has 1 aromatic rings. The smallest absolute Gasteiger partial charge is 0.223 e. The minimum atomic E-state index is -0.0270. The molecular formula is C10H16N2OS. The molecule has 0 heterocycles. The van der Waals surface area contributed by atoms with E-state index in [1.54, 1.807) is 7.05 Å². The molecule has 2 N–H and O–H groups in total. The van der Waals surface area contributed by atoms with Crippen LogP contribution in [0.3, 0.4) is 0 Å². The number of anilines is 2. The number of rotatable bonds is 6. The first-order valence-electron chi connectivity index (χ1n) is 4.97. The molecule has 0 aliphatic heterocycles. The Morgan fingerprint density at radius 1 is 1.29 bits per heavy atom. The maximum Gasteiger partial charge on any atom is 0.223 e. The van der Waals surface area contributed by atoms with Crippen LogP contribution in [-0.4, -0.2) is 13.6 Å². The van der Waals surface area contributed by atoms with Crippen LogP contribution in [0.1, 0.15) is 26.2 Å². The summed E-state index contributed by atoms with van der Waals surface area (Å²) < 4.78 is 0.422. The van der Waals surface area contributed by atoms with Crippen molar-refractivity contribution in [2.24, 2.45) is 0 Å².